The van der Waals surface area contributed by atoms with Crippen molar-refractivity contribution in [3.8, 4) is 0 Å². The molecule has 0 saturated carbocycles. The van der Waals surface area contributed by atoms with Crippen molar-refractivity contribution in [1.29, 1.82) is 0 Å². The Bertz CT molecular complexity index is 577. The van der Waals surface area contributed by atoms with Crippen LogP contribution in [0.3, 0.4) is 0 Å². The van der Waals surface area contributed by atoms with Crippen molar-refractivity contribution in [2.75, 3.05) is 42.7 Å². The van der Waals surface area contributed by atoms with Gasteiger partial charge in [0.2, 0.25) is 17.8 Å². The predicted octanol–water partition coefficient (Wildman–Crippen LogP) is 0.757. The molecular formula is C13H22N8. The average molecular weight is 290 g/mol. The van der Waals surface area contributed by atoms with Gasteiger partial charge < -0.3 is 20.1 Å². The molecule has 0 spiro atoms. The van der Waals surface area contributed by atoms with E-state index < -0.39 is 0 Å². The summed E-state index contributed by atoms with van der Waals surface area (Å²) in [6.45, 7) is 3.49. The number of aromatic nitrogens is 5. The molecule has 2 heterocycles. The third-order valence-corrected chi connectivity index (χ3v) is 2.91. The maximum absolute atomic E-state index is 4.38. The highest BCUT2D eigenvalue weighted by Crippen LogP contribution is 2.11. The van der Waals surface area contributed by atoms with Gasteiger partial charge in [-0.05, 0) is 6.92 Å². The van der Waals surface area contributed by atoms with Crippen molar-refractivity contribution >= 4 is 17.8 Å². The van der Waals surface area contributed by atoms with E-state index in [1.807, 2.05) is 43.7 Å². The lowest BCUT2D eigenvalue weighted by molar-refractivity contribution is 0.786. The van der Waals surface area contributed by atoms with E-state index in [4.69, 9.17) is 0 Å². The Balaban J connectivity index is 2.02. The monoisotopic (exact) mass is 290 g/mol. The Labute approximate surface area is 124 Å². The molecule has 0 saturated heterocycles. The number of aryl methyl sites for hydroxylation is 1. The van der Waals surface area contributed by atoms with Gasteiger partial charge in [-0.25, -0.2) is 4.98 Å². The summed E-state index contributed by atoms with van der Waals surface area (Å²) in [5, 5.41) is 6.33. The van der Waals surface area contributed by atoms with Gasteiger partial charge in [0.05, 0.1) is 0 Å². The van der Waals surface area contributed by atoms with E-state index in [2.05, 4.69) is 30.6 Å². The SMILES string of the molecule is CCNc1nc(NCCc2nccn2C)nc(N(C)C)n1. The molecule has 21 heavy (non-hydrogen) atoms. The quantitative estimate of drug-likeness (QED) is 0.778. The van der Waals surface area contributed by atoms with E-state index >= 15 is 0 Å². The molecule has 0 unspecified atom stereocenters. The minimum atomic E-state index is 0.568. The lowest BCUT2D eigenvalue weighted by Gasteiger charge is -2.13. The topological polar surface area (TPSA) is 83.8 Å². The first-order valence-corrected chi connectivity index (χ1v) is 6.97. The van der Waals surface area contributed by atoms with Crippen LogP contribution in [-0.4, -0.2) is 51.7 Å². The van der Waals surface area contributed by atoms with Gasteiger partial charge in [-0.15, -0.1) is 0 Å². The molecule has 8 heteroatoms. The molecule has 2 N–H and O–H groups in total. The zero-order valence-electron chi connectivity index (χ0n) is 13.0. The average Bonchev–Trinajstić information content (AvgIpc) is 2.84. The summed E-state index contributed by atoms with van der Waals surface area (Å²) in [4.78, 5) is 19.2. The normalized spacial score (nSPS) is 10.5. The molecule has 0 aliphatic carbocycles. The van der Waals surface area contributed by atoms with Gasteiger partial charge in [-0.3, -0.25) is 0 Å². The highest BCUT2D eigenvalue weighted by Gasteiger charge is 2.07. The van der Waals surface area contributed by atoms with E-state index in [9.17, 15) is 0 Å². The van der Waals surface area contributed by atoms with Crippen LogP contribution in [0.1, 0.15) is 12.7 Å². The molecule has 0 aliphatic heterocycles. The smallest absolute Gasteiger partial charge is 0.231 e. The Morgan fingerprint density at radius 3 is 2.43 bits per heavy atom. The van der Waals surface area contributed by atoms with Crippen LogP contribution in [0.4, 0.5) is 17.8 Å². The first-order chi connectivity index (χ1) is 10.1. The largest absolute Gasteiger partial charge is 0.354 e. The molecule has 8 nitrogen and oxygen atoms in total. The first kappa shape index (κ1) is 15.0. The van der Waals surface area contributed by atoms with Gasteiger partial charge in [-0.2, -0.15) is 15.0 Å². The van der Waals surface area contributed by atoms with Gasteiger partial charge >= 0.3 is 0 Å². The van der Waals surface area contributed by atoms with Crippen LogP contribution in [0, 0.1) is 0 Å². The number of nitrogens with zero attached hydrogens (tertiary/aromatic N) is 6. The second-order valence-electron chi connectivity index (χ2n) is 4.84. The molecule has 0 aliphatic rings. The predicted molar refractivity (Wildman–Crippen MR) is 83.7 cm³/mol. The van der Waals surface area contributed by atoms with E-state index in [1.54, 1.807) is 6.20 Å². The van der Waals surface area contributed by atoms with Crippen molar-refractivity contribution in [3.63, 3.8) is 0 Å². The number of anilines is 3. The van der Waals surface area contributed by atoms with E-state index in [0.717, 1.165) is 18.8 Å². The van der Waals surface area contributed by atoms with Gasteiger partial charge in [0.25, 0.3) is 0 Å². The highest BCUT2D eigenvalue weighted by molar-refractivity contribution is 5.42. The number of imidazole rings is 1. The van der Waals surface area contributed by atoms with Crippen LogP contribution >= 0.6 is 0 Å². The number of hydrogen-bond donors (Lipinski definition) is 2. The summed E-state index contributed by atoms with van der Waals surface area (Å²) < 4.78 is 2.00. The molecule has 114 valence electrons. The second kappa shape index (κ2) is 6.87. The Morgan fingerprint density at radius 1 is 1.14 bits per heavy atom. The Hall–Kier alpha value is -2.38. The lowest BCUT2D eigenvalue weighted by atomic mass is 10.4. The van der Waals surface area contributed by atoms with Crippen LogP contribution in [0.15, 0.2) is 12.4 Å². The summed E-state index contributed by atoms with van der Waals surface area (Å²) in [7, 11) is 5.80. The lowest BCUT2D eigenvalue weighted by Crippen LogP contribution is -2.18. The number of nitrogens with one attached hydrogen (secondary N) is 2. The molecule has 0 bridgehead atoms. The van der Waals surface area contributed by atoms with Crippen molar-refractivity contribution in [2.45, 2.75) is 13.3 Å². The van der Waals surface area contributed by atoms with Crippen LogP contribution in [0.2, 0.25) is 0 Å². The maximum atomic E-state index is 4.38. The zero-order chi connectivity index (χ0) is 15.2. The molecule has 0 atom stereocenters. The van der Waals surface area contributed by atoms with Crippen LogP contribution in [0.25, 0.3) is 0 Å². The molecule has 2 rings (SSSR count). The van der Waals surface area contributed by atoms with Gasteiger partial charge in [-0.1, -0.05) is 0 Å². The molecule has 0 aromatic carbocycles. The maximum Gasteiger partial charge on any atom is 0.231 e. The second-order valence-corrected chi connectivity index (χ2v) is 4.84. The molecule has 2 aromatic rings. The zero-order valence-corrected chi connectivity index (χ0v) is 13.0. The fourth-order valence-corrected chi connectivity index (χ4v) is 1.80. The van der Waals surface area contributed by atoms with E-state index in [0.29, 0.717) is 24.4 Å². The Kier molecular flexibility index (Phi) is 4.91. The van der Waals surface area contributed by atoms with Gasteiger partial charge in [0.15, 0.2) is 0 Å². The summed E-state index contributed by atoms with van der Waals surface area (Å²) in [5.74, 6) is 2.80. The number of hydrogen-bond acceptors (Lipinski definition) is 7. The molecule has 2 aromatic heterocycles. The van der Waals surface area contributed by atoms with Crippen molar-refractivity contribution in [1.82, 2.24) is 24.5 Å². The minimum Gasteiger partial charge on any atom is -0.354 e. The van der Waals surface area contributed by atoms with Crippen LogP contribution < -0.4 is 15.5 Å². The third kappa shape index (κ3) is 4.04. The standard InChI is InChI=1S/C13H22N8/c1-5-14-11-17-12(19-13(18-11)20(2)3)16-7-6-10-15-8-9-21(10)4/h8-9H,5-7H2,1-4H3,(H2,14,16,17,18,19). The fourth-order valence-electron chi connectivity index (χ4n) is 1.80. The summed E-state index contributed by atoms with van der Waals surface area (Å²) in [6.07, 6.45) is 4.54. The first-order valence-electron chi connectivity index (χ1n) is 6.97. The van der Waals surface area contributed by atoms with E-state index in [1.165, 1.54) is 0 Å². The molecule has 0 fully saturated rings. The fraction of sp³-hybridized carbons (Fsp3) is 0.538. The molecule has 0 amide bonds. The minimum absolute atomic E-state index is 0.568. The van der Waals surface area contributed by atoms with Gasteiger partial charge in [0.1, 0.15) is 5.82 Å². The van der Waals surface area contributed by atoms with Crippen molar-refractivity contribution in [3.05, 3.63) is 18.2 Å². The molecule has 0 radical (unpaired) electrons. The summed E-state index contributed by atoms with van der Waals surface area (Å²) >= 11 is 0. The van der Waals surface area contributed by atoms with Crippen molar-refractivity contribution in [2.24, 2.45) is 7.05 Å². The molecular weight excluding hydrogens is 268 g/mol. The number of rotatable bonds is 7. The van der Waals surface area contributed by atoms with Gasteiger partial charge in [0, 0.05) is 53.0 Å². The summed E-state index contributed by atoms with van der Waals surface area (Å²) in [5.41, 5.74) is 0. The van der Waals surface area contributed by atoms with Crippen LogP contribution in [-0.2, 0) is 13.5 Å². The Morgan fingerprint density at radius 2 is 1.86 bits per heavy atom. The van der Waals surface area contributed by atoms with Crippen LogP contribution in [0.5, 0.6) is 0 Å². The summed E-state index contributed by atoms with van der Waals surface area (Å²) in [6, 6.07) is 0. The third-order valence-electron chi connectivity index (χ3n) is 2.91. The highest BCUT2D eigenvalue weighted by atomic mass is 15.3. The van der Waals surface area contributed by atoms with Crippen molar-refractivity contribution < 1.29 is 0 Å². The van der Waals surface area contributed by atoms with E-state index in [-0.39, 0.29) is 0 Å².